The van der Waals surface area contributed by atoms with Gasteiger partial charge in [0.05, 0.1) is 4.92 Å². The molecule has 0 aliphatic carbocycles. The molecule has 0 aliphatic heterocycles. The number of nitro groups is 1. The topological polar surface area (TPSA) is 102 Å². The Bertz CT molecular complexity index is 491. The summed E-state index contributed by atoms with van der Waals surface area (Å²) in [4.78, 5) is 10.1. The van der Waals surface area contributed by atoms with E-state index in [1.165, 1.54) is 24.3 Å². The van der Waals surface area contributed by atoms with Crippen LogP contribution in [0.5, 0.6) is 5.75 Å². The van der Waals surface area contributed by atoms with Gasteiger partial charge in [-0.1, -0.05) is 0 Å². The van der Waals surface area contributed by atoms with Crippen molar-refractivity contribution in [2.45, 2.75) is 13.8 Å². The highest BCUT2D eigenvalue weighted by Crippen LogP contribution is 2.23. The summed E-state index contributed by atoms with van der Waals surface area (Å²) in [5.41, 5.74) is 6.35. The molecule has 0 aromatic heterocycles. The van der Waals surface area contributed by atoms with Crippen molar-refractivity contribution < 1.29 is 9.66 Å². The van der Waals surface area contributed by atoms with Crippen LogP contribution in [-0.2, 0) is 0 Å². The smallest absolute Gasteiger partial charge is 0.272 e. The van der Waals surface area contributed by atoms with E-state index in [-0.39, 0.29) is 11.6 Å². The van der Waals surface area contributed by atoms with Gasteiger partial charge in [0.2, 0.25) is 5.90 Å². The fourth-order valence-electron chi connectivity index (χ4n) is 1.26. The number of hydrogen-bond acceptors (Lipinski definition) is 5. The third-order valence-electron chi connectivity index (χ3n) is 1.95. The molecule has 6 nitrogen and oxygen atoms in total. The second kappa shape index (κ2) is 5.11. The molecule has 0 atom stereocenters. The normalized spacial score (nSPS) is 11.1. The highest BCUT2D eigenvalue weighted by molar-refractivity contribution is 5.87. The molecule has 0 aliphatic rings. The molecule has 0 heterocycles. The number of allylic oxidation sites excluding steroid dienone is 1. The van der Waals surface area contributed by atoms with Gasteiger partial charge in [-0.15, -0.1) is 0 Å². The average molecular weight is 235 g/mol. The van der Waals surface area contributed by atoms with Gasteiger partial charge < -0.3 is 10.5 Å². The van der Waals surface area contributed by atoms with Crippen LogP contribution < -0.4 is 10.5 Å². The lowest BCUT2D eigenvalue weighted by Gasteiger charge is -2.05. The molecule has 0 saturated carbocycles. The number of aryl methyl sites for hydroxylation is 1. The number of hydrogen-bond donors (Lipinski definition) is 2. The lowest BCUT2D eigenvalue weighted by molar-refractivity contribution is -0.385. The summed E-state index contributed by atoms with van der Waals surface area (Å²) in [7, 11) is 0. The molecule has 0 unspecified atom stereocenters. The van der Waals surface area contributed by atoms with E-state index >= 15 is 0 Å². The maximum Gasteiger partial charge on any atom is 0.272 e. The maximum atomic E-state index is 10.6. The third kappa shape index (κ3) is 3.60. The van der Waals surface area contributed by atoms with E-state index < -0.39 is 4.92 Å². The Morgan fingerprint density at radius 3 is 2.71 bits per heavy atom. The van der Waals surface area contributed by atoms with Crippen LogP contribution >= 0.6 is 0 Å². The molecule has 1 aromatic rings. The van der Waals surface area contributed by atoms with Gasteiger partial charge >= 0.3 is 0 Å². The van der Waals surface area contributed by atoms with Crippen LogP contribution in [0, 0.1) is 22.4 Å². The van der Waals surface area contributed by atoms with E-state index in [2.05, 4.69) is 0 Å². The largest absolute Gasteiger partial charge is 0.440 e. The van der Waals surface area contributed by atoms with Gasteiger partial charge in [-0.2, -0.15) is 0 Å². The van der Waals surface area contributed by atoms with Gasteiger partial charge in [0.15, 0.2) is 0 Å². The highest BCUT2D eigenvalue weighted by Gasteiger charge is 2.11. The van der Waals surface area contributed by atoms with Crippen LogP contribution in [0.2, 0.25) is 0 Å². The molecular weight excluding hydrogens is 222 g/mol. The molecule has 0 spiro atoms. The molecule has 1 aromatic carbocycles. The fourth-order valence-corrected chi connectivity index (χ4v) is 1.26. The summed E-state index contributed by atoms with van der Waals surface area (Å²) in [6, 6.07) is 4.29. The minimum Gasteiger partial charge on any atom is -0.440 e. The first-order valence-electron chi connectivity index (χ1n) is 4.85. The first-order chi connectivity index (χ1) is 7.90. The van der Waals surface area contributed by atoms with E-state index in [0.717, 1.165) is 0 Å². The summed E-state index contributed by atoms with van der Waals surface area (Å²) < 4.78 is 5.15. The molecule has 0 fully saturated rings. The zero-order valence-electron chi connectivity index (χ0n) is 9.56. The second-order valence-electron chi connectivity index (χ2n) is 3.56. The average Bonchev–Trinajstić information content (AvgIpc) is 2.15. The number of rotatable bonds is 3. The van der Waals surface area contributed by atoms with E-state index in [0.29, 0.717) is 17.0 Å². The molecule has 90 valence electrons. The van der Waals surface area contributed by atoms with Crippen molar-refractivity contribution in [3.63, 3.8) is 0 Å². The lowest BCUT2D eigenvalue weighted by Crippen LogP contribution is -2.06. The molecule has 0 radical (unpaired) electrons. The van der Waals surface area contributed by atoms with Crippen LogP contribution in [0.4, 0.5) is 5.69 Å². The molecule has 6 heteroatoms. The van der Waals surface area contributed by atoms with Gasteiger partial charge in [0, 0.05) is 23.4 Å². The van der Waals surface area contributed by atoms with Crippen LogP contribution in [0.1, 0.15) is 12.5 Å². The summed E-state index contributed by atoms with van der Waals surface area (Å²) in [6.07, 6.45) is 1.36. The predicted molar refractivity (Wildman–Crippen MR) is 64.1 cm³/mol. The fraction of sp³-hybridized carbons (Fsp3) is 0.182. The summed E-state index contributed by atoms with van der Waals surface area (Å²) in [5, 5.41) is 18.0. The van der Waals surface area contributed by atoms with Gasteiger partial charge in [0.1, 0.15) is 5.75 Å². The standard InChI is InChI=1S/C11H13N3O3/c1-7-5-9(3-4-10(7)14(15)16)17-11(13)6-8(2)12/h3-6,13H,12H2,1-2H3/b8-6-,13-11?. The Kier molecular flexibility index (Phi) is 3.82. The van der Waals surface area contributed by atoms with Crippen molar-refractivity contribution in [2.75, 3.05) is 0 Å². The monoisotopic (exact) mass is 235 g/mol. The maximum absolute atomic E-state index is 10.6. The van der Waals surface area contributed by atoms with Gasteiger partial charge in [-0.05, 0) is 26.0 Å². The van der Waals surface area contributed by atoms with E-state index in [1.54, 1.807) is 13.8 Å². The Balaban J connectivity index is 2.88. The van der Waals surface area contributed by atoms with Crippen LogP contribution in [-0.4, -0.2) is 10.8 Å². The minimum absolute atomic E-state index is 0.0226. The Labute approximate surface area is 98.4 Å². The zero-order valence-corrected chi connectivity index (χ0v) is 9.56. The molecule has 1 rings (SSSR count). The Morgan fingerprint density at radius 1 is 1.59 bits per heavy atom. The van der Waals surface area contributed by atoms with Crippen LogP contribution in [0.15, 0.2) is 30.0 Å². The van der Waals surface area contributed by atoms with Crippen LogP contribution in [0.25, 0.3) is 0 Å². The van der Waals surface area contributed by atoms with E-state index in [1.807, 2.05) is 0 Å². The van der Waals surface area contributed by atoms with Gasteiger partial charge in [-0.3, -0.25) is 15.5 Å². The van der Waals surface area contributed by atoms with Gasteiger partial charge in [-0.25, -0.2) is 0 Å². The highest BCUT2D eigenvalue weighted by atomic mass is 16.6. The lowest BCUT2D eigenvalue weighted by atomic mass is 10.2. The van der Waals surface area contributed by atoms with Gasteiger partial charge in [0.25, 0.3) is 5.69 Å². The SMILES string of the molecule is C/C(N)=C/C(=N)Oc1ccc([N+](=O)[O-])c(C)c1. The molecule has 0 saturated heterocycles. The van der Waals surface area contributed by atoms with Crippen molar-refractivity contribution in [3.8, 4) is 5.75 Å². The molecular formula is C11H13N3O3. The molecule has 3 N–H and O–H groups in total. The van der Waals surface area contributed by atoms with E-state index in [4.69, 9.17) is 15.9 Å². The number of nitrogens with two attached hydrogens (primary N) is 1. The van der Waals surface area contributed by atoms with Crippen LogP contribution in [0.3, 0.4) is 0 Å². The van der Waals surface area contributed by atoms with E-state index in [9.17, 15) is 10.1 Å². The quantitative estimate of drug-likeness (QED) is 0.362. The predicted octanol–water partition coefficient (Wildman–Crippen LogP) is 2.12. The number of nitrogens with zero attached hydrogens (tertiary/aromatic N) is 1. The third-order valence-corrected chi connectivity index (χ3v) is 1.95. The molecule has 0 amide bonds. The first-order valence-corrected chi connectivity index (χ1v) is 4.85. The summed E-state index contributed by atoms with van der Waals surface area (Å²) in [5.74, 6) is 0.258. The molecule has 0 bridgehead atoms. The Hall–Kier alpha value is -2.37. The minimum atomic E-state index is -0.464. The number of benzene rings is 1. The first kappa shape index (κ1) is 12.7. The van der Waals surface area contributed by atoms with Crippen molar-refractivity contribution in [2.24, 2.45) is 5.73 Å². The summed E-state index contributed by atoms with van der Waals surface area (Å²) in [6.45, 7) is 3.25. The van der Waals surface area contributed by atoms with Crippen molar-refractivity contribution in [1.82, 2.24) is 0 Å². The van der Waals surface area contributed by atoms with Crippen molar-refractivity contribution >= 4 is 11.6 Å². The Morgan fingerprint density at radius 2 is 2.24 bits per heavy atom. The number of ether oxygens (including phenoxy) is 1. The van der Waals surface area contributed by atoms with Crippen molar-refractivity contribution in [3.05, 3.63) is 45.6 Å². The zero-order chi connectivity index (χ0) is 13.0. The summed E-state index contributed by atoms with van der Waals surface area (Å²) >= 11 is 0. The molecule has 17 heavy (non-hydrogen) atoms. The van der Waals surface area contributed by atoms with Crippen molar-refractivity contribution in [1.29, 1.82) is 5.41 Å². The number of nitrogens with one attached hydrogen (secondary N) is 1. The second-order valence-corrected chi connectivity index (χ2v) is 3.56. The number of nitro benzene ring substituents is 1.